The number of rotatable bonds is 40. The Hall–Kier alpha value is -2.59. The summed E-state index contributed by atoms with van der Waals surface area (Å²) in [7, 11) is -4.65. The molecule has 328 valence electrons. The van der Waals surface area contributed by atoms with Gasteiger partial charge in [0.15, 0.2) is 6.10 Å². The Bertz CT molecular complexity index is 1180. The van der Waals surface area contributed by atoms with E-state index in [1.165, 1.54) is 77.0 Å². The lowest BCUT2D eigenvalue weighted by Crippen LogP contribution is -2.29. The maximum Gasteiger partial charge on any atom is 0.472 e. The summed E-state index contributed by atoms with van der Waals surface area (Å²) in [6.45, 7) is 2.24. The number of phosphoric acid groups is 1. The summed E-state index contributed by atoms with van der Waals surface area (Å²) in [5, 5.41) is 18.3. The Balaban J connectivity index is 4.48. The zero-order chi connectivity index (χ0) is 41.9. The summed E-state index contributed by atoms with van der Waals surface area (Å²) in [4.78, 5) is 34.9. The van der Waals surface area contributed by atoms with Crippen LogP contribution in [0.2, 0.25) is 0 Å². The molecule has 0 aliphatic rings. The summed E-state index contributed by atoms with van der Waals surface area (Å²) in [5.74, 6) is -1.05. The molecule has 0 aromatic heterocycles. The lowest BCUT2D eigenvalue weighted by Gasteiger charge is -2.20. The van der Waals surface area contributed by atoms with Gasteiger partial charge in [0, 0.05) is 12.8 Å². The van der Waals surface area contributed by atoms with Gasteiger partial charge < -0.3 is 24.6 Å². The second-order valence-electron chi connectivity index (χ2n) is 14.4. The van der Waals surface area contributed by atoms with Crippen molar-refractivity contribution in [2.24, 2.45) is 0 Å². The first-order valence-corrected chi connectivity index (χ1v) is 23.4. The molecule has 0 aliphatic heterocycles. The van der Waals surface area contributed by atoms with Gasteiger partial charge in [-0.05, 0) is 77.0 Å². The van der Waals surface area contributed by atoms with Gasteiger partial charge in [-0.15, -0.1) is 0 Å². The standard InChI is InChI=1S/C46H79O10P/c1-3-5-7-9-11-13-15-17-19-21-23-25-27-29-31-33-35-37-45(49)53-41-44(42-55-57(51,52)54-40-43(48)39-47)56-46(50)38-36-34-32-30-28-26-24-22-20-18-16-14-12-10-8-6-4-2/h17-20,23-26,29-32,43-44,47-48H,3-16,21-22,27-28,33-42H2,1-2H3,(H,51,52)/b19-17+,20-18+,25-23+,26-24+,31-29+,32-30+/t43-,44+/m0/s1. The van der Waals surface area contributed by atoms with Crippen LogP contribution in [0.5, 0.6) is 0 Å². The number of hydrogen-bond donors (Lipinski definition) is 3. The first-order chi connectivity index (χ1) is 27.7. The van der Waals surface area contributed by atoms with Crippen LogP contribution in [0.1, 0.15) is 168 Å². The molecular formula is C46H79O10P. The first-order valence-electron chi connectivity index (χ1n) is 21.9. The molecule has 0 rings (SSSR count). The summed E-state index contributed by atoms with van der Waals surface area (Å²) in [6.07, 6.45) is 47.4. The number of hydrogen-bond acceptors (Lipinski definition) is 9. The number of unbranched alkanes of at least 4 members (excludes halogenated alkanes) is 14. The van der Waals surface area contributed by atoms with Gasteiger partial charge in [-0.1, -0.05) is 151 Å². The van der Waals surface area contributed by atoms with Gasteiger partial charge in [-0.25, -0.2) is 4.57 Å². The van der Waals surface area contributed by atoms with Crippen molar-refractivity contribution >= 4 is 19.8 Å². The number of carbonyl (C=O) groups excluding carboxylic acids is 2. The minimum atomic E-state index is -4.65. The Morgan fingerprint density at radius 2 is 0.912 bits per heavy atom. The molecule has 0 fully saturated rings. The van der Waals surface area contributed by atoms with Gasteiger partial charge in [-0.2, -0.15) is 0 Å². The summed E-state index contributed by atoms with van der Waals surface area (Å²) in [5.41, 5.74) is 0. The van der Waals surface area contributed by atoms with E-state index in [-0.39, 0.29) is 19.4 Å². The highest BCUT2D eigenvalue weighted by Gasteiger charge is 2.27. The number of aliphatic hydroxyl groups excluding tert-OH is 2. The van der Waals surface area contributed by atoms with Crippen molar-refractivity contribution in [2.45, 2.75) is 180 Å². The van der Waals surface area contributed by atoms with Crippen molar-refractivity contribution in [2.75, 3.05) is 26.4 Å². The van der Waals surface area contributed by atoms with E-state index in [4.69, 9.17) is 19.1 Å². The monoisotopic (exact) mass is 823 g/mol. The van der Waals surface area contributed by atoms with Crippen LogP contribution in [0.15, 0.2) is 72.9 Å². The molecule has 0 spiro atoms. The summed E-state index contributed by atoms with van der Waals surface area (Å²) in [6, 6.07) is 0. The van der Waals surface area contributed by atoms with Gasteiger partial charge in [0.1, 0.15) is 12.7 Å². The molecular weight excluding hydrogens is 743 g/mol. The van der Waals surface area contributed by atoms with E-state index < -0.39 is 51.8 Å². The Morgan fingerprint density at radius 1 is 0.526 bits per heavy atom. The van der Waals surface area contributed by atoms with E-state index in [0.29, 0.717) is 25.7 Å². The molecule has 0 saturated heterocycles. The van der Waals surface area contributed by atoms with E-state index in [1.807, 2.05) is 12.2 Å². The zero-order valence-corrected chi connectivity index (χ0v) is 36.4. The normalized spacial score (nSPS) is 14.5. The molecule has 1 unspecified atom stereocenters. The highest BCUT2D eigenvalue weighted by Crippen LogP contribution is 2.43. The van der Waals surface area contributed by atoms with Crippen LogP contribution in [0.3, 0.4) is 0 Å². The third-order valence-electron chi connectivity index (χ3n) is 8.83. The van der Waals surface area contributed by atoms with Crippen molar-refractivity contribution in [1.82, 2.24) is 0 Å². The molecule has 11 heteroatoms. The predicted molar refractivity (Wildman–Crippen MR) is 233 cm³/mol. The van der Waals surface area contributed by atoms with Gasteiger partial charge in [0.25, 0.3) is 0 Å². The number of carbonyl (C=O) groups is 2. The smallest absolute Gasteiger partial charge is 0.462 e. The number of allylic oxidation sites excluding steroid dienone is 12. The molecule has 0 radical (unpaired) electrons. The van der Waals surface area contributed by atoms with E-state index in [9.17, 15) is 24.2 Å². The lowest BCUT2D eigenvalue weighted by atomic mass is 10.1. The lowest BCUT2D eigenvalue weighted by molar-refractivity contribution is -0.161. The molecule has 0 saturated carbocycles. The van der Waals surface area contributed by atoms with Crippen molar-refractivity contribution in [3.05, 3.63) is 72.9 Å². The quantitative estimate of drug-likeness (QED) is 0.0236. The van der Waals surface area contributed by atoms with E-state index in [2.05, 4.69) is 79.1 Å². The minimum absolute atomic E-state index is 0.0987. The fourth-order valence-corrected chi connectivity index (χ4v) is 6.23. The van der Waals surface area contributed by atoms with Crippen molar-refractivity contribution in [1.29, 1.82) is 0 Å². The highest BCUT2D eigenvalue weighted by molar-refractivity contribution is 7.47. The Morgan fingerprint density at radius 3 is 1.37 bits per heavy atom. The molecule has 0 aliphatic carbocycles. The molecule has 0 amide bonds. The zero-order valence-electron chi connectivity index (χ0n) is 35.5. The van der Waals surface area contributed by atoms with E-state index >= 15 is 0 Å². The van der Waals surface area contributed by atoms with Crippen LogP contribution in [-0.4, -0.2) is 65.7 Å². The molecule has 0 bridgehead atoms. The Kier molecular flexibility index (Phi) is 39.7. The second kappa shape index (κ2) is 41.6. The number of phosphoric ester groups is 1. The fourth-order valence-electron chi connectivity index (χ4n) is 5.44. The van der Waals surface area contributed by atoms with Gasteiger partial charge >= 0.3 is 19.8 Å². The third kappa shape index (κ3) is 41.4. The minimum Gasteiger partial charge on any atom is -0.462 e. The van der Waals surface area contributed by atoms with Crippen molar-refractivity contribution in [3.63, 3.8) is 0 Å². The SMILES string of the molecule is CCCCCCCC/C=C/C/C=C/C/C=C/CCCC(=O)OC[C@H](COP(=O)(O)OC[C@@H](O)CO)OC(=O)CCC/C=C/C/C=C/C/C=C/CCCCCCCC. The van der Waals surface area contributed by atoms with Crippen LogP contribution in [-0.2, 0) is 32.7 Å². The van der Waals surface area contributed by atoms with Crippen LogP contribution in [0, 0.1) is 0 Å². The topological polar surface area (TPSA) is 149 Å². The number of esters is 2. The van der Waals surface area contributed by atoms with Gasteiger partial charge in [0.2, 0.25) is 0 Å². The fraction of sp³-hybridized carbons (Fsp3) is 0.696. The average molecular weight is 823 g/mol. The maximum atomic E-state index is 12.6. The summed E-state index contributed by atoms with van der Waals surface area (Å²) < 4.78 is 32.6. The van der Waals surface area contributed by atoms with Crippen LogP contribution in [0.4, 0.5) is 0 Å². The predicted octanol–water partition coefficient (Wildman–Crippen LogP) is 11.7. The van der Waals surface area contributed by atoms with Gasteiger partial charge in [-0.3, -0.25) is 18.6 Å². The number of aliphatic hydroxyl groups is 2. The molecule has 57 heavy (non-hydrogen) atoms. The van der Waals surface area contributed by atoms with Crippen molar-refractivity contribution < 1.29 is 47.8 Å². The van der Waals surface area contributed by atoms with E-state index in [1.54, 1.807) is 0 Å². The van der Waals surface area contributed by atoms with Gasteiger partial charge in [0.05, 0.1) is 19.8 Å². The van der Waals surface area contributed by atoms with Crippen LogP contribution >= 0.6 is 7.82 Å². The molecule has 0 aromatic rings. The molecule has 3 N–H and O–H groups in total. The first kappa shape index (κ1) is 54.4. The van der Waals surface area contributed by atoms with E-state index in [0.717, 1.165) is 38.5 Å². The molecule has 3 atom stereocenters. The second-order valence-corrected chi connectivity index (χ2v) is 15.8. The highest BCUT2D eigenvalue weighted by atomic mass is 31.2. The largest absolute Gasteiger partial charge is 0.472 e. The molecule has 0 aromatic carbocycles. The van der Waals surface area contributed by atoms with Crippen LogP contribution < -0.4 is 0 Å². The van der Waals surface area contributed by atoms with Crippen molar-refractivity contribution in [3.8, 4) is 0 Å². The summed E-state index contributed by atoms with van der Waals surface area (Å²) >= 11 is 0. The average Bonchev–Trinajstić information content (AvgIpc) is 3.20. The maximum absolute atomic E-state index is 12.6. The Labute approximate surface area is 346 Å². The molecule has 0 heterocycles. The van der Waals surface area contributed by atoms with Crippen LogP contribution in [0.25, 0.3) is 0 Å². The molecule has 10 nitrogen and oxygen atoms in total. The third-order valence-corrected chi connectivity index (χ3v) is 9.78. The number of ether oxygens (including phenoxy) is 2.